The van der Waals surface area contributed by atoms with Gasteiger partial charge in [-0.2, -0.15) is 0 Å². The number of nitrogens with one attached hydrogen (secondary N) is 2. The molecule has 1 aliphatic heterocycles. The van der Waals surface area contributed by atoms with Crippen molar-refractivity contribution in [1.29, 1.82) is 0 Å². The second-order valence-electron chi connectivity index (χ2n) is 5.24. The first-order valence-corrected chi connectivity index (χ1v) is 6.96. The van der Waals surface area contributed by atoms with E-state index >= 15 is 0 Å². The highest BCUT2D eigenvalue weighted by atomic mass is 16.1. The third kappa shape index (κ3) is 2.13. The van der Waals surface area contributed by atoms with E-state index in [9.17, 15) is 4.79 Å². The Morgan fingerprint density at radius 3 is 2.81 bits per heavy atom. The molecule has 3 aromatic rings. The number of anilines is 1. The van der Waals surface area contributed by atoms with E-state index in [0.29, 0.717) is 0 Å². The van der Waals surface area contributed by atoms with Gasteiger partial charge in [0.05, 0.1) is 6.04 Å². The number of benzene rings is 2. The van der Waals surface area contributed by atoms with Crippen LogP contribution < -0.4 is 10.9 Å². The molecule has 3 heteroatoms. The highest BCUT2D eigenvalue weighted by Gasteiger charge is 2.14. The summed E-state index contributed by atoms with van der Waals surface area (Å²) in [5.41, 5.74) is 4.33. The van der Waals surface area contributed by atoms with Crippen molar-refractivity contribution in [1.82, 2.24) is 4.98 Å². The predicted octanol–water partition coefficient (Wildman–Crippen LogP) is 3.71. The Morgan fingerprint density at radius 1 is 0.952 bits per heavy atom. The van der Waals surface area contributed by atoms with Crippen molar-refractivity contribution >= 4 is 22.7 Å². The number of pyridine rings is 1. The molecular weight excluding hydrogens is 260 g/mol. The standard InChI is InChI=1S/C18H14N2O/c21-18-10-7-14-11-13(6-9-17(14)20-18)16-8-5-12-3-1-2-4-15(12)19-16/h1-11,16,19H,(H,20,21). The first kappa shape index (κ1) is 12.0. The Labute approximate surface area is 122 Å². The third-order valence-electron chi connectivity index (χ3n) is 3.85. The molecule has 0 radical (unpaired) electrons. The highest BCUT2D eigenvalue weighted by Crippen LogP contribution is 2.30. The van der Waals surface area contributed by atoms with Crippen molar-refractivity contribution in [2.24, 2.45) is 0 Å². The fraction of sp³-hybridized carbons (Fsp3) is 0.0556. The maximum Gasteiger partial charge on any atom is 0.248 e. The number of hydrogen-bond acceptors (Lipinski definition) is 2. The molecule has 2 aromatic carbocycles. The zero-order valence-electron chi connectivity index (χ0n) is 11.3. The van der Waals surface area contributed by atoms with Gasteiger partial charge in [0.1, 0.15) is 0 Å². The molecule has 4 rings (SSSR count). The molecule has 0 amide bonds. The number of hydrogen-bond donors (Lipinski definition) is 2. The molecule has 2 N–H and O–H groups in total. The van der Waals surface area contributed by atoms with Crippen LogP contribution in [0.3, 0.4) is 0 Å². The van der Waals surface area contributed by atoms with Crippen LogP contribution in [0.1, 0.15) is 17.2 Å². The van der Waals surface area contributed by atoms with Crippen molar-refractivity contribution in [3.63, 3.8) is 0 Å². The molecule has 2 heterocycles. The molecule has 1 atom stereocenters. The second kappa shape index (κ2) is 4.63. The molecule has 21 heavy (non-hydrogen) atoms. The Morgan fingerprint density at radius 2 is 1.86 bits per heavy atom. The van der Waals surface area contributed by atoms with E-state index in [0.717, 1.165) is 16.6 Å². The number of fused-ring (bicyclic) bond motifs is 2. The van der Waals surface area contributed by atoms with Gasteiger partial charge in [0.15, 0.2) is 0 Å². The molecule has 3 nitrogen and oxygen atoms in total. The molecule has 1 aromatic heterocycles. The summed E-state index contributed by atoms with van der Waals surface area (Å²) in [4.78, 5) is 14.2. The zero-order valence-corrected chi connectivity index (χ0v) is 11.3. The van der Waals surface area contributed by atoms with E-state index in [1.807, 2.05) is 30.3 Å². The minimum absolute atomic E-state index is 0.0696. The number of rotatable bonds is 1. The number of aromatic amines is 1. The van der Waals surface area contributed by atoms with Crippen LogP contribution in [0.2, 0.25) is 0 Å². The van der Waals surface area contributed by atoms with Crippen LogP contribution >= 0.6 is 0 Å². The molecular formula is C18H14N2O. The summed E-state index contributed by atoms with van der Waals surface area (Å²) in [6.07, 6.45) is 4.31. The third-order valence-corrected chi connectivity index (χ3v) is 3.85. The Kier molecular flexibility index (Phi) is 2.64. The van der Waals surface area contributed by atoms with Gasteiger partial charge in [-0.1, -0.05) is 36.4 Å². The normalized spacial score (nSPS) is 16.5. The lowest BCUT2D eigenvalue weighted by molar-refractivity contribution is 0.981. The van der Waals surface area contributed by atoms with Gasteiger partial charge in [-0.25, -0.2) is 0 Å². The van der Waals surface area contributed by atoms with Crippen LogP contribution in [0.15, 0.2) is 65.5 Å². The zero-order chi connectivity index (χ0) is 14.2. The van der Waals surface area contributed by atoms with E-state index < -0.39 is 0 Å². The summed E-state index contributed by atoms with van der Waals surface area (Å²) < 4.78 is 0. The van der Waals surface area contributed by atoms with E-state index in [2.05, 4.69) is 40.7 Å². The molecule has 0 fully saturated rings. The summed E-state index contributed by atoms with van der Waals surface area (Å²) >= 11 is 0. The SMILES string of the molecule is O=c1ccc2cc(C3C=Cc4ccccc4N3)ccc2[nH]1. The van der Waals surface area contributed by atoms with Gasteiger partial charge >= 0.3 is 0 Å². The number of H-pyrrole nitrogens is 1. The van der Waals surface area contributed by atoms with Crippen LogP contribution in [-0.4, -0.2) is 4.98 Å². The van der Waals surface area contributed by atoms with Gasteiger partial charge in [-0.3, -0.25) is 4.79 Å². The van der Waals surface area contributed by atoms with Gasteiger partial charge < -0.3 is 10.3 Å². The quantitative estimate of drug-likeness (QED) is 0.710. The van der Waals surface area contributed by atoms with Gasteiger partial charge in [0.25, 0.3) is 0 Å². The van der Waals surface area contributed by atoms with Crippen LogP contribution in [-0.2, 0) is 0 Å². The molecule has 0 spiro atoms. The average Bonchev–Trinajstić information content (AvgIpc) is 2.54. The summed E-state index contributed by atoms with van der Waals surface area (Å²) in [7, 11) is 0. The monoisotopic (exact) mass is 274 g/mol. The lowest BCUT2D eigenvalue weighted by Gasteiger charge is -2.22. The molecule has 1 unspecified atom stereocenters. The van der Waals surface area contributed by atoms with Crippen molar-refractivity contribution < 1.29 is 0 Å². The van der Waals surface area contributed by atoms with E-state index in [1.54, 1.807) is 6.07 Å². The molecule has 102 valence electrons. The van der Waals surface area contributed by atoms with E-state index in [1.165, 1.54) is 11.1 Å². The van der Waals surface area contributed by atoms with Gasteiger partial charge in [0, 0.05) is 17.3 Å². The second-order valence-corrected chi connectivity index (χ2v) is 5.24. The first-order valence-electron chi connectivity index (χ1n) is 6.96. The van der Waals surface area contributed by atoms with Crippen molar-refractivity contribution in [3.05, 3.63) is 82.2 Å². The molecule has 0 saturated heterocycles. The maximum atomic E-state index is 11.3. The maximum absolute atomic E-state index is 11.3. The van der Waals surface area contributed by atoms with Crippen molar-refractivity contribution in [2.45, 2.75) is 6.04 Å². The fourth-order valence-electron chi connectivity index (χ4n) is 2.75. The molecule has 0 aliphatic carbocycles. The number of para-hydroxylation sites is 1. The molecule has 0 bridgehead atoms. The highest BCUT2D eigenvalue weighted by molar-refractivity contribution is 5.80. The summed E-state index contributed by atoms with van der Waals surface area (Å²) in [5.74, 6) is 0. The summed E-state index contributed by atoms with van der Waals surface area (Å²) in [5, 5.41) is 4.57. The lowest BCUT2D eigenvalue weighted by atomic mass is 9.98. The fourth-order valence-corrected chi connectivity index (χ4v) is 2.75. The Bertz CT molecular complexity index is 908. The topological polar surface area (TPSA) is 44.9 Å². The first-order chi connectivity index (χ1) is 10.3. The summed E-state index contributed by atoms with van der Waals surface area (Å²) in [6, 6.07) is 18.0. The van der Waals surface area contributed by atoms with Crippen LogP contribution in [0, 0.1) is 0 Å². The predicted molar refractivity (Wildman–Crippen MR) is 86.4 cm³/mol. The smallest absolute Gasteiger partial charge is 0.248 e. The average molecular weight is 274 g/mol. The van der Waals surface area contributed by atoms with Crippen LogP contribution in [0.25, 0.3) is 17.0 Å². The Hall–Kier alpha value is -2.81. The van der Waals surface area contributed by atoms with Gasteiger partial charge in [-0.15, -0.1) is 0 Å². The van der Waals surface area contributed by atoms with Gasteiger partial charge in [0.2, 0.25) is 5.56 Å². The Balaban J connectivity index is 1.75. The van der Waals surface area contributed by atoms with Gasteiger partial charge in [-0.05, 0) is 40.8 Å². The minimum Gasteiger partial charge on any atom is -0.374 e. The molecule has 1 aliphatic rings. The van der Waals surface area contributed by atoms with Crippen molar-refractivity contribution in [3.8, 4) is 0 Å². The summed E-state index contributed by atoms with van der Waals surface area (Å²) in [6.45, 7) is 0. The van der Waals surface area contributed by atoms with Crippen LogP contribution in [0.5, 0.6) is 0 Å². The number of aromatic nitrogens is 1. The minimum atomic E-state index is -0.0696. The molecule has 0 saturated carbocycles. The lowest BCUT2D eigenvalue weighted by Crippen LogP contribution is -2.12. The van der Waals surface area contributed by atoms with E-state index in [4.69, 9.17) is 0 Å². The largest absolute Gasteiger partial charge is 0.374 e. The van der Waals surface area contributed by atoms with Crippen LogP contribution in [0.4, 0.5) is 5.69 Å². The van der Waals surface area contributed by atoms with Crippen molar-refractivity contribution in [2.75, 3.05) is 5.32 Å². The van der Waals surface area contributed by atoms with E-state index in [-0.39, 0.29) is 11.6 Å².